The maximum absolute atomic E-state index is 11.8. The number of carbonyl (C=O) groups excluding carboxylic acids is 2. The molecule has 3 N–H and O–H groups in total. The number of nitrogens with one attached hydrogen (secondary N) is 1. The molecule has 1 aromatic carbocycles. The molecule has 0 aliphatic rings. The van der Waals surface area contributed by atoms with Crippen LogP contribution in [0.25, 0.3) is 0 Å². The number of rotatable bonds is 3. The molecule has 5 nitrogen and oxygen atoms in total. The zero-order valence-corrected chi connectivity index (χ0v) is 11.5. The summed E-state index contributed by atoms with van der Waals surface area (Å²) in [5, 5.41) is 1.37. The minimum Gasteiger partial charge on any atom is -0.404 e. The minimum absolute atomic E-state index is 0.109. The van der Waals surface area contributed by atoms with Crippen LogP contribution in [0.3, 0.4) is 0 Å². The van der Waals surface area contributed by atoms with Crippen LogP contribution < -0.4 is 11.2 Å². The molecular formula is C13H15N3O2S. The number of nitrogens with zero attached hydrogens (tertiary/aromatic N) is 1. The average Bonchev–Trinajstić information content (AvgIpc) is 2.39. The van der Waals surface area contributed by atoms with Gasteiger partial charge in [0.2, 0.25) is 0 Å². The highest BCUT2D eigenvalue weighted by Crippen LogP contribution is 2.04. The molecule has 0 spiro atoms. The predicted molar refractivity (Wildman–Crippen MR) is 77.0 cm³/mol. The van der Waals surface area contributed by atoms with Gasteiger partial charge in [0, 0.05) is 18.8 Å². The fourth-order valence-corrected chi connectivity index (χ4v) is 1.57. The molecule has 0 heterocycles. The number of carbonyl (C=O) groups is 2. The second-order valence-electron chi connectivity index (χ2n) is 3.81. The third-order valence-electron chi connectivity index (χ3n) is 2.39. The van der Waals surface area contributed by atoms with Gasteiger partial charge >= 0.3 is 0 Å². The van der Waals surface area contributed by atoms with E-state index in [2.05, 4.69) is 5.43 Å². The number of Topliss-reactive ketones (excluding diaryl/α,β-unsaturated/α-hetero) is 1. The van der Waals surface area contributed by atoms with Gasteiger partial charge in [-0.1, -0.05) is 42.5 Å². The normalized spacial score (nSPS) is 10.7. The van der Waals surface area contributed by atoms with E-state index >= 15 is 0 Å². The highest BCUT2D eigenvalue weighted by molar-refractivity contribution is 7.80. The molecule has 0 aliphatic heterocycles. The van der Waals surface area contributed by atoms with Crippen LogP contribution in [0.1, 0.15) is 12.5 Å². The summed E-state index contributed by atoms with van der Waals surface area (Å²) in [6.45, 7) is 1.27. The molecule has 100 valence electrons. The Morgan fingerprint density at radius 3 is 2.37 bits per heavy atom. The van der Waals surface area contributed by atoms with Gasteiger partial charge in [-0.2, -0.15) is 0 Å². The molecular weight excluding hydrogens is 262 g/mol. The van der Waals surface area contributed by atoms with Crippen molar-refractivity contribution in [2.75, 3.05) is 7.05 Å². The van der Waals surface area contributed by atoms with Gasteiger partial charge in [0.05, 0.1) is 5.57 Å². The monoisotopic (exact) mass is 277 g/mol. The van der Waals surface area contributed by atoms with Crippen LogP contribution in [0.4, 0.5) is 0 Å². The molecule has 0 unspecified atom stereocenters. The van der Waals surface area contributed by atoms with E-state index in [0.29, 0.717) is 4.99 Å². The number of benzene rings is 1. The van der Waals surface area contributed by atoms with E-state index in [1.54, 1.807) is 7.05 Å². The van der Waals surface area contributed by atoms with Crippen molar-refractivity contribution in [3.05, 3.63) is 47.7 Å². The Hall–Kier alpha value is -2.21. The number of amides is 1. The van der Waals surface area contributed by atoms with Crippen molar-refractivity contribution in [1.82, 2.24) is 10.4 Å². The van der Waals surface area contributed by atoms with Crippen LogP contribution in [0.5, 0.6) is 0 Å². The van der Waals surface area contributed by atoms with Crippen molar-refractivity contribution in [3.63, 3.8) is 0 Å². The molecule has 0 aliphatic carbocycles. The first-order valence-corrected chi connectivity index (χ1v) is 5.95. The maximum atomic E-state index is 11.8. The Morgan fingerprint density at radius 1 is 1.32 bits per heavy atom. The second kappa shape index (κ2) is 6.65. The summed E-state index contributed by atoms with van der Waals surface area (Å²) in [4.78, 5) is 23.4. The van der Waals surface area contributed by atoms with Gasteiger partial charge in [-0.25, -0.2) is 0 Å². The summed E-state index contributed by atoms with van der Waals surface area (Å²) < 4.78 is 0. The van der Waals surface area contributed by atoms with E-state index in [-0.39, 0.29) is 5.57 Å². The van der Waals surface area contributed by atoms with E-state index in [1.165, 1.54) is 11.9 Å². The lowest BCUT2D eigenvalue weighted by atomic mass is 10.2. The smallest absolute Gasteiger partial charge is 0.274 e. The number of thiocarbonyl (C=S) groups is 1. The number of nitrogens with two attached hydrogens (primary N) is 1. The standard InChI is InChI=1S/C13H15N3O2S/c1-9(17)11(8-14)12(18)15-16(2)13(19)10-6-4-3-5-7-10/h3-8H,14H2,1-2H3,(H,15,18)/b11-8+. The summed E-state index contributed by atoms with van der Waals surface area (Å²) in [6, 6.07) is 9.22. The van der Waals surface area contributed by atoms with Crippen LogP contribution in [0.2, 0.25) is 0 Å². The van der Waals surface area contributed by atoms with E-state index in [1.807, 2.05) is 30.3 Å². The number of hydrogen-bond acceptors (Lipinski definition) is 4. The first-order valence-electron chi connectivity index (χ1n) is 5.54. The Morgan fingerprint density at radius 2 is 1.89 bits per heavy atom. The first kappa shape index (κ1) is 14.8. The Labute approximate surface area is 117 Å². The molecule has 19 heavy (non-hydrogen) atoms. The van der Waals surface area contributed by atoms with Crippen molar-refractivity contribution in [3.8, 4) is 0 Å². The topological polar surface area (TPSA) is 75.4 Å². The van der Waals surface area contributed by atoms with Gasteiger partial charge in [0.1, 0.15) is 4.99 Å². The van der Waals surface area contributed by atoms with Crippen molar-refractivity contribution >= 4 is 28.9 Å². The Bertz CT molecular complexity index is 526. The second-order valence-corrected chi connectivity index (χ2v) is 4.19. The van der Waals surface area contributed by atoms with Crippen LogP contribution in [-0.4, -0.2) is 28.7 Å². The molecule has 0 fully saturated rings. The van der Waals surface area contributed by atoms with Crippen LogP contribution in [0.15, 0.2) is 42.1 Å². The van der Waals surface area contributed by atoms with Gasteiger partial charge < -0.3 is 5.73 Å². The van der Waals surface area contributed by atoms with E-state index in [9.17, 15) is 9.59 Å². The zero-order chi connectivity index (χ0) is 14.4. The largest absolute Gasteiger partial charge is 0.404 e. The minimum atomic E-state index is -0.587. The van der Waals surface area contributed by atoms with Crippen molar-refractivity contribution in [2.45, 2.75) is 6.92 Å². The summed E-state index contributed by atoms with van der Waals surface area (Å²) in [6.07, 6.45) is 0.983. The highest BCUT2D eigenvalue weighted by Gasteiger charge is 2.16. The fourth-order valence-electron chi connectivity index (χ4n) is 1.39. The third kappa shape index (κ3) is 3.89. The van der Waals surface area contributed by atoms with Gasteiger partial charge in [0.25, 0.3) is 5.91 Å². The summed E-state index contributed by atoms with van der Waals surface area (Å²) in [7, 11) is 1.60. The summed E-state index contributed by atoms with van der Waals surface area (Å²) in [5.41, 5.74) is 8.42. The lowest BCUT2D eigenvalue weighted by Crippen LogP contribution is -2.44. The number of hydrogen-bond donors (Lipinski definition) is 2. The Balaban J connectivity index is 2.75. The third-order valence-corrected chi connectivity index (χ3v) is 2.89. The number of ketones is 1. The van der Waals surface area contributed by atoms with Crippen LogP contribution in [0, 0.1) is 0 Å². The summed E-state index contributed by atoms with van der Waals surface area (Å²) in [5.74, 6) is -0.991. The molecule has 0 aromatic heterocycles. The lowest BCUT2D eigenvalue weighted by molar-refractivity contribution is -0.123. The van der Waals surface area contributed by atoms with E-state index in [4.69, 9.17) is 18.0 Å². The van der Waals surface area contributed by atoms with Crippen molar-refractivity contribution in [1.29, 1.82) is 0 Å². The maximum Gasteiger partial charge on any atom is 0.274 e. The van der Waals surface area contributed by atoms with Crippen molar-refractivity contribution in [2.24, 2.45) is 5.73 Å². The predicted octanol–water partition coefficient (Wildman–Crippen LogP) is 0.757. The number of hydrazine groups is 1. The van der Waals surface area contributed by atoms with Crippen LogP contribution in [-0.2, 0) is 9.59 Å². The molecule has 0 bridgehead atoms. The molecule has 1 amide bonds. The average molecular weight is 277 g/mol. The first-order chi connectivity index (χ1) is 8.97. The fraction of sp³-hybridized carbons (Fsp3) is 0.154. The van der Waals surface area contributed by atoms with Gasteiger partial charge in [-0.3, -0.25) is 20.0 Å². The lowest BCUT2D eigenvalue weighted by Gasteiger charge is -2.21. The van der Waals surface area contributed by atoms with Gasteiger partial charge in [-0.15, -0.1) is 0 Å². The molecule has 0 saturated carbocycles. The van der Waals surface area contributed by atoms with E-state index in [0.717, 1.165) is 11.8 Å². The molecule has 0 atom stereocenters. The zero-order valence-electron chi connectivity index (χ0n) is 10.7. The van der Waals surface area contributed by atoms with Gasteiger partial charge in [0.15, 0.2) is 5.78 Å². The van der Waals surface area contributed by atoms with Gasteiger partial charge in [-0.05, 0) is 6.92 Å². The molecule has 6 heteroatoms. The van der Waals surface area contributed by atoms with Crippen molar-refractivity contribution < 1.29 is 9.59 Å². The van der Waals surface area contributed by atoms with E-state index < -0.39 is 11.7 Å². The molecule has 1 rings (SSSR count). The molecule has 1 aromatic rings. The Kier molecular flexibility index (Phi) is 5.20. The molecule has 0 saturated heterocycles. The molecule has 0 radical (unpaired) electrons. The summed E-state index contributed by atoms with van der Waals surface area (Å²) >= 11 is 5.23. The van der Waals surface area contributed by atoms with Crippen LogP contribution >= 0.6 is 12.2 Å². The highest BCUT2D eigenvalue weighted by atomic mass is 32.1. The SMILES string of the molecule is CC(=O)/C(=C\N)C(=O)NN(C)C(=S)c1ccccc1. The quantitative estimate of drug-likeness (QED) is 0.280.